The van der Waals surface area contributed by atoms with Gasteiger partial charge in [-0.1, -0.05) is 17.7 Å². The molecule has 0 saturated carbocycles. The molecule has 0 heterocycles. The Morgan fingerprint density at radius 2 is 1.95 bits per heavy atom. The summed E-state index contributed by atoms with van der Waals surface area (Å²) in [5, 5.41) is 8.73. The molecule has 0 aliphatic heterocycles. The largest absolute Gasteiger partial charge is 0.397 e. The van der Waals surface area contributed by atoms with Gasteiger partial charge in [-0.25, -0.2) is 4.39 Å². The lowest BCUT2D eigenvalue weighted by Gasteiger charge is -2.23. The maximum Gasteiger partial charge on any atom is 0.169 e. The molecule has 0 atom stereocenters. The van der Waals surface area contributed by atoms with Crippen LogP contribution in [0.5, 0.6) is 0 Å². The number of hydrogen-bond acceptors (Lipinski definition) is 4. The Balaban J connectivity index is 2.56. The highest BCUT2D eigenvalue weighted by Gasteiger charge is 2.18. The van der Waals surface area contributed by atoms with E-state index in [0.29, 0.717) is 11.3 Å². The van der Waals surface area contributed by atoms with Crippen LogP contribution >= 0.6 is 11.6 Å². The number of halogens is 2. The summed E-state index contributed by atoms with van der Waals surface area (Å²) in [7, 11) is 1.64. The SMILES string of the molecule is CN(c1cccc(C#N)c1)c1c(N)cc(N)c(Cl)c1F. The molecule has 0 aliphatic carbocycles. The molecule has 2 aromatic carbocycles. The van der Waals surface area contributed by atoms with Gasteiger partial charge in [0, 0.05) is 12.7 Å². The maximum absolute atomic E-state index is 14.2. The molecule has 2 rings (SSSR count). The van der Waals surface area contributed by atoms with Gasteiger partial charge in [0.2, 0.25) is 0 Å². The molecular weight excluding hydrogens is 279 g/mol. The zero-order valence-electron chi connectivity index (χ0n) is 10.7. The second-order valence-electron chi connectivity index (χ2n) is 4.25. The quantitative estimate of drug-likeness (QED) is 0.832. The first kappa shape index (κ1) is 14.0. The number of benzene rings is 2. The van der Waals surface area contributed by atoms with Crippen molar-refractivity contribution in [3.05, 3.63) is 46.7 Å². The van der Waals surface area contributed by atoms with Gasteiger partial charge in [-0.05, 0) is 24.3 Å². The van der Waals surface area contributed by atoms with E-state index in [1.165, 1.54) is 11.0 Å². The number of hydrogen-bond donors (Lipinski definition) is 2. The number of nitrogens with zero attached hydrogens (tertiary/aromatic N) is 2. The third-order valence-corrected chi connectivity index (χ3v) is 3.32. The number of nitrogen functional groups attached to an aromatic ring is 2. The summed E-state index contributed by atoms with van der Waals surface area (Å²) in [6.45, 7) is 0. The van der Waals surface area contributed by atoms with Gasteiger partial charge in [0.1, 0.15) is 10.7 Å². The minimum atomic E-state index is -0.686. The number of nitriles is 1. The van der Waals surface area contributed by atoms with Crippen molar-refractivity contribution in [1.82, 2.24) is 0 Å². The second-order valence-corrected chi connectivity index (χ2v) is 4.63. The lowest BCUT2D eigenvalue weighted by atomic mass is 10.1. The van der Waals surface area contributed by atoms with Crippen molar-refractivity contribution in [2.45, 2.75) is 0 Å². The molecule has 0 amide bonds. The average Bonchev–Trinajstić information content (AvgIpc) is 2.45. The first-order valence-electron chi connectivity index (χ1n) is 5.72. The fourth-order valence-electron chi connectivity index (χ4n) is 1.91. The molecule has 2 aromatic rings. The molecule has 0 saturated heterocycles. The van der Waals surface area contributed by atoms with Crippen LogP contribution in [0.2, 0.25) is 5.02 Å². The molecule has 6 heteroatoms. The Hall–Kier alpha value is -2.45. The minimum Gasteiger partial charge on any atom is -0.397 e. The average molecular weight is 291 g/mol. The molecule has 0 spiro atoms. The van der Waals surface area contributed by atoms with Crippen LogP contribution in [-0.4, -0.2) is 7.05 Å². The van der Waals surface area contributed by atoms with E-state index in [0.717, 1.165) is 0 Å². The van der Waals surface area contributed by atoms with Crippen LogP contribution in [0.1, 0.15) is 5.56 Å². The van der Waals surface area contributed by atoms with Gasteiger partial charge < -0.3 is 16.4 Å². The molecule has 0 aliphatic rings. The van der Waals surface area contributed by atoms with Crippen LogP contribution in [-0.2, 0) is 0 Å². The second kappa shape index (κ2) is 5.27. The smallest absolute Gasteiger partial charge is 0.169 e. The van der Waals surface area contributed by atoms with Gasteiger partial charge in [0.15, 0.2) is 5.82 Å². The van der Waals surface area contributed by atoms with Gasteiger partial charge >= 0.3 is 0 Å². The predicted octanol–water partition coefficient (Wildman–Crippen LogP) is 3.28. The normalized spacial score (nSPS) is 10.1. The van der Waals surface area contributed by atoms with E-state index in [1.54, 1.807) is 31.3 Å². The molecule has 0 fully saturated rings. The highest BCUT2D eigenvalue weighted by molar-refractivity contribution is 6.33. The fraction of sp³-hybridized carbons (Fsp3) is 0.0714. The van der Waals surface area contributed by atoms with E-state index in [9.17, 15) is 4.39 Å². The van der Waals surface area contributed by atoms with Crippen molar-refractivity contribution in [1.29, 1.82) is 5.26 Å². The third kappa shape index (κ3) is 2.33. The highest BCUT2D eigenvalue weighted by atomic mass is 35.5. The van der Waals surface area contributed by atoms with E-state index in [4.69, 9.17) is 28.3 Å². The van der Waals surface area contributed by atoms with Crippen LogP contribution in [0.3, 0.4) is 0 Å². The zero-order valence-corrected chi connectivity index (χ0v) is 11.4. The number of anilines is 4. The summed E-state index contributed by atoms with van der Waals surface area (Å²) in [5.74, 6) is -0.686. The van der Waals surface area contributed by atoms with Gasteiger partial charge in [-0.2, -0.15) is 5.26 Å². The summed E-state index contributed by atoms with van der Waals surface area (Å²) in [6.07, 6.45) is 0. The van der Waals surface area contributed by atoms with E-state index in [-0.39, 0.29) is 22.1 Å². The van der Waals surface area contributed by atoms with E-state index in [1.807, 2.05) is 6.07 Å². The molecule has 0 bridgehead atoms. The van der Waals surface area contributed by atoms with E-state index < -0.39 is 5.82 Å². The van der Waals surface area contributed by atoms with Crippen molar-refractivity contribution in [3.63, 3.8) is 0 Å². The Morgan fingerprint density at radius 1 is 1.25 bits per heavy atom. The van der Waals surface area contributed by atoms with Crippen molar-refractivity contribution < 1.29 is 4.39 Å². The van der Waals surface area contributed by atoms with Gasteiger partial charge in [-0.3, -0.25) is 0 Å². The number of rotatable bonds is 2. The Bertz CT molecular complexity index is 709. The summed E-state index contributed by atoms with van der Waals surface area (Å²) < 4.78 is 14.2. The van der Waals surface area contributed by atoms with Crippen molar-refractivity contribution >= 4 is 34.4 Å². The monoisotopic (exact) mass is 290 g/mol. The van der Waals surface area contributed by atoms with Crippen LogP contribution < -0.4 is 16.4 Å². The van der Waals surface area contributed by atoms with Crippen LogP contribution in [0.15, 0.2) is 30.3 Å². The summed E-state index contributed by atoms with van der Waals surface area (Å²) in [6, 6.07) is 10.2. The summed E-state index contributed by atoms with van der Waals surface area (Å²) in [4.78, 5) is 1.52. The molecule has 0 aromatic heterocycles. The first-order chi connectivity index (χ1) is 9.45. The van der Waals surface area contributed by atoms with Crippen molar-refractivity contribution in [2.75, 3.05) is 23.4 Å². The van der Waals surface area contributed by atoms with Gasteiger partial charge in [0.05, 0.1) is 23.0 Å². The molecule has 0 radical (unpaired) electrons. The molecular formula is C14H12ClFN4. The maximum atomic E-state index is 14.2. The molecule has 4 N–H and O–H groups in total. The minimum absolute atomic E-state index is 0.0876. The Labute approximate surface area is 121 Å². The predicted molar refractivity (Wildman–Crippen MR) is 79.5 cm³/mol. The topological polar surface area (TPSA) is 79.1 Å². The molecule has 102 valence electrons. The zero-order chi connectivity index (χ0) is 14.9. The Kier molecular flexibility index (Phi) is 3.68. The van der Waals surface area contributed by atoms with Crippen LogP contribution in [0.4, 0.5) is 27.1 Å². The van der Waals surface area contributed by atoms with Crippen molar-refractivity contribution in [3.8, 4) is 6.07 Å². The standard InChI is InChI=1S/C14H12ClFN4/c1-20(9-4-2-3-8(5-9)7-17)14-11(19)6-10(18)12(15)13(14)16/h2-6H,18-19H2,1H3. The summed E-state index contributed by atoms with van der Waals surface area (Å²) >= 11 is 5.81. The van der Waals surface area contributed by atoms with Crippen molar-refractivity contribution in [2.24, 2.45) is 0 Å². The van der Waals surface area contributed by atoms with Crippen LogP contribution in [0, 0.1) is 17.1 Å². The van der Waals surface area contributed by atoms with Gasteiger partial charge in [0.25, 0.3) is 0 Å². The lowest BCUT2D eigenvalue weighted by Crippen LogP contribution is -2.14. The molecule has 20 heavy (non-hydrogen) atoms. The van der Waals surface area contributed by atoms with E-state index in [2.05, 4.69) is 0 Å². The highest BCUT2D eigenvalue weighted by Crippen LogP contribution is 2.38. The molecule has 0 unspecified atom stereocenters. The Morgan fingerprint density at radius 3 is 2.60 bits per heavy atom. The number of nitrogens with two attached hydrogens (primary N) is 2. The fourth-order valence-corrected chi connectivity index (χ4v) is 2.05. The van der Waals surface area contributed by atoms with Crippen LogP contribution in [0.25, 0.3) is 0 Å². The summed E-state index contributed by atoms with van der Waals surface area (Å²) in [5.41, 5.74) is 12.9. The molecule has 4 nitrogen and oxygen atoms in total. The van der Waals surface area contributed by atoms with Gasteiger partial charge in [-0.15, -0.1) is 0 Å². The first-order valence-corrected chi connectivity index (χ1v) is 6.10. The third-order valence-electron chi connectivity index (χ3n) is 2.94. The van der Waals surface area contributed by atoms with E-state index >= 15 is 0 Å². The lowest BCUT2D eigenvalue weighted by molar-refractivity contribution is 0.629.